The van der Waals surface area contributed by atoms with E-state index in [1.54, 1.807) is 35.2 Å². The Morgan fingerprint density at radius 1 is 0.586 bits per heavy atom. The molecule has 0 saturated heterocycles. The number of benzene rings is 4. The smallest absolute Gasteiger partial charge is 0.146 e. The van der Waals surface area contributed by atoms with E-state index in [1.807, 2.05) is 39.0 Å². The summed E-state index contributed by atoms with van der Waals surface area (Å²) in [6, 6.07) is 25.8. The molecule has 0 unspecified atom stereocenters. The van der Waals surface area contributed by atoms with Crippen molar-refractivity contribution in [2.75, 3.05) is 4.90 Å². The third-order valence-corrected chi connectivity index (χ3v) is 5.03. The van der Waals surface area contributed by atoms with E-state index < -0.39 is 5.54 Å². The molecule has 0 atom stereocenters. The van der Waals surface area contributed by atoms with Gasteiger partial charge in [-0.25, -0.2) is 8.78 Å². The first-order valence-corrected chi connectivity index (χ1v) is 9.68. The number of rotatable bonds is 3. The Balaban J connectivity index is 1.87. The molecule has 0 aliphatic carbocycles. The fourth-order valence-electron chi connectivity index (χ4n) is 3.72. The second kappa shape index (κ2) is 7.32. The Bertz CT molecular complexity index is 1170. The molecule has 1 nitrogen and oxygen atoms in total. The lowest BCUT2D eigenvalue weighted by molar-refractivity contribution is 0.527. The fraction of sp³-hybridized carbons (Fsp3) is 0.154. The second-order valence-electron chi connectivity index (χ2n) is 8.19. The molecule has 0 spiro atoms. The largest absolute Gasteiger partial charge is 0.331 e. The molecule has 0 aliphatic rings. The summed E-state index contributed by atoms with van der Waals surface area (Å²) in [5, 5.41) is 2.28. The summed E-state index contributed by atoms with van der Waals surface area (Å²) in [4.78, 5) is 1.72. The zero-order valence-corrected chi connectivity index (χ0v) is 16.8. The topological polar surface area (TPSA) is 3.24 Å². The number of halogens is 2. The maximum atomic E-state index is 15.0. The number of fused-ring (bicyclic) bond motifs is 1. The van der Waals surface area contributed by atoms with Crippen LogP contribution in [0.2, 0.25) is 0 Å². The van der Waals surface area contributed by atoms with E-state index >= 15 is 0 Å². The van der Waals surface area contributed by atoms with Gasteiger partial charge in [-0.1, -0.05) is 54.6 Å². The lowest BCUT2D eigenvalue weighted by atomic mass is 9.98. The van der Waals surface area contributed by atoms with Crippen LogP contribution in [0.1, 0.15) is 20.8 Å². The van der Waals surface area contributed by atoms with E-state index in [0.717, 1.165) is 21.9 Å². The van der Waals surface area contributed by atoms with Crippen LogP contribution in [0.5, 0.6) is 0 Å². The van der Waals surface area contributed by atoms with Gasteiger partial charge in [-0.2, -0.15) is 0 Å². The zero-order chi connectivity index (χ0) is 20.6. The summed E-state index contributed by atoms with van der Waals surface area (Å²) < 4.78 is 29.6. The van der Waals surface area contributed by atoms with Gasteiger partial charge in [0.05, 0.1) is 11.4 Å². The lowest BCUT2D eigenvalue weighted by Gasteiger charge is -2.38. The maximum absolute atomic E-state index is 15.0. The van der Waals surface area contributed by atoms with E-state index in [2.05, 4.69) is 24.3 Å². The standard InChI is InChI=1S/C26H23F2N/c1-26(2,3)29(24-11-7-6-10-22(24)27)25-17-21(14-15-23(25)28)20-13-12-18-8-4-5-9-19(18)16-20/h4-17H,1-3H3. The van der Waals surface area contributed by atoms with Gasteiger partial charge >= 0.3 is 0 Å². The Morgan fingerprint density at radius 2 is 1.17 bits per heavy atom. The van der Waals surface area contributed by atoms with Crippen molar-refractivity contribution in [3.63, 3.8) is 0 Å². The van der Waals surface area contributed by atoms with Gasteiger partial charge < -0.3 is 4.90 Å². The summed E-state index contributed by atoms with van der Waals surface area (Å²) in [6.07, 6.45) is 0. The van der Waals surface area contributed by atoms with Gasteiger partial charge in [-0.15, -0.1) is 0 Å². The minimum atomic E-state index is -0.523. The van der Waals surface area contributed by atoms with Crippen molar-refractivity contribution >= 4 is 22.1 Å². The summed E-state index contributed by atoms with van der Waals surface area (Å²) >= 11 is 0. The Hall–Kier alpha value is -3.20. The number of para-hydroxylation sites is 1. The first-order valence-electron chi connectivity index (χ1n) is 9.68. The third kappa shape index (κ3) is 3.73. The van der Waals surface area contributed by atoms with Crippen molar-refractivity contribution in [3.05, 3.63) is 96.6 Å². The van der Waals surface area contributed by atoms with E-state index in [9.17, 15) is 8.78 Å². The highest BCUT2D eigenvalue weighted by molar-refractivity contribution is 5.88. The molecule has 0 saturated carbocycles. The molecule has 3 heteroatoms. The van der Waals surface area contributed by atoms with E-state index in [0.29, 0.717) is 11.4 Å². The average molecular weight is 387 g/mol. The summed E-state index contributed by atoms with van der Waals surface area (Å²) in [6.45, 7) is 5.84. The predicted octanol–water partition coefficient (Wildman–Crippen LogP) is 7.72. The molecule has 0 radical (unpaired) electrons. The van der Waals surface area contributed by atoms with Gasteiger partial charge in [-0.05, 0) is 73.0 Å². The van der Waals surface area contributed by atoms with Gasteiger partial charge in [0.15, 0.2) is 0 Å². The molecule has 0 fully saturated rings. The highest BCUT2D eigenvalue weighted by Gasteiger charge is 2.28. The molecule has 0 bridgehead atoms. The average Bonchev–Trinajstić information content (AvgIpc) is 2.70. The number of nitrogens with zero attached hydrogens (tertiary/aromatic N) is 1. The van der Waals surface area contributed by atoms with E-state index in [-0.39, 0.29) is 11.6 Å². The predicted molar refractivity (Wildman–Crippen MR) is 118 cm³/mol. The Morgan fingerprint density at radius 3 is 1.90 bits per heavy atom. The van der Waals surface area contributed by atoms with Crippen molar-refractivity contribution in [3.8, 4) is 11.1 Å². The molecule has 0 aliphatic heterocycles. The molecule has 0 heterocycles. The molecule has 0 amide bonds. The van der Waals surface area contributed by atoms with Gasteiger partial charge in [0.25, 0.3) is 0 Å². The molecule has 4 aromatic rings. The van der Waals surface area contributed by atoms with Crippen LogP contribution in [-0.2, 0) is 0 Å². The van der Waals surface area contributed by atoms with Crippen LogP contribution in [-0.4, -0.2) is 5.54 Å². The van der Waals surface area contributed by atoms with Gasteiger partial charge in [-0.3, -0.25) is 0 Å². The molecular weight excluding hydrogens is 364 g/mol. The zero-order valence-electron chi connectivity index (χ0n) is 16.8. The van der Waals surface area contributed by atoms with Crippen LogP contribution in [0.25, 0.3) is 21.9 Å². The summed E-state index contributed by atoms with van der Waals surface area (Å²) in [5.41, 5.74) is 2.07. The molecule has 0 aromatic heterocycles. The number of hydrogen-bond donors (Lipinski definition) is 0. The molecule has 29 heavy (non-hydrogen) atoms. The van der Waals surface area contributed by atoms with Crippen LogP contribution in [0.15, 0.2) is 84.9 Å². The highest BCUT2D eigenvalue weighted by atomic mass is 19.1. The molecule has 4 rings (SSSR count). The Kier molecular flexibility index (Phi) is 4.83. The molecule has 0 N–H and O–H groups in total. The van der Waals surface area contributed by atoms with Gasteiger partial charge in [0.2, 0.25) is 0 Å². The highest BCUT2D eigenvalue weighted by Crippen LogP contribution is 2.38. The number of hydrogen-bond acceptors (Lipinski definition) is 1. The fourth-order valence-corrected chi connectivity index (χ4v) is 3.72. The van der Waals surface area contributed by atoms with Crippen molar-refractivity contribution < 1.29 is 8.78 Å². The van der Waals surface area contributed by atoms with Crippen LogP contribution in [0, 0.1) is 11.6 Å². The minimum absolute atomic E-state index is 0.355. The summed E-state index contributed by atoms with van der Waals surface area (Å²) in [7, 11) is 0. The van der Waals surface area contributed by atoms with Crippen molar-refractivity contribution in [2.45, 2.75) is 26.3 Å². The molecular formula is C26H23F2N. The molecule has 146 valence electrons. The van der Waals surface area contributed by atoms with E-state index in [1.165, 1.54) is 12.1 Å². The van der Waals surface area contributed by atoms with Crippen LogP contribution in [0.4, 0.5) is 20.2 Å². The van der Waals surface area contributed by atoms with Gasteiger partial charge in [0, 0.05) is 5.54 Å². The first-order chi connectivity index (χ1) is 13.8. The third-order valence-electron chi connectivity index (χ3n) is 5.03. The normalized spacial score (nSPS) is 11.6. The lowest BCUT2D eigenvalue weighted by Crippen LogP contribution is -2.38. The second-order valence-corrected chi connectivity index (χ2v) is 8.19. The van der Waals surface area contributed by atoms with Crippen LogP contribution < -0.4 is 4.90 Å². The SMILES string of the molecule is CC(C)(C)N(c1ccccc1F)c1cc(-c2ccc3ccccc3c2)ccc1F. The maximum Gasteiger partial charge on any atom is 0.146 e. The first kappa shape index (κ1) is 19.1. The quantitative estimate of drug-likeness (QED) is 0.348. The number of anilines is 2. The van der Waals surface area contributed by atoms with Crippen LogP contribution in [0.3, 0.4) is 0 Å². The van der Waals surface area contributed by atoms with Crippen molar-refractivity contribution in [1.82, 2.24) is 0 Å². The van der Waals surface area contributed by atoms with Crippen molar-refractivity contribution in [2.24, 2.45) is 0 Å². The van der Waals surface area contributed by atoms with E-state index in [4.69, 9.17) is 0 Å². The molecule has 4 aromatic carbocycles. The summed E-state index contributed by atoms with van der Waals surface area (Å²) in [5.74, 6) is -0.759. The minimum Gasteiger partial charge on any atom is -0.331 e. The van der Waals surface area contributed by atoms with Crippen LogP contribution >= 0.6 is 0 Å². The monoisotopic (exact) mass is 387 g/mol. The van der Waals surface area contributed by atoms with Crippen molar-refractivity contribution in [1.29, 1.82) is 0 Å². The Labute approximate surface area is 170 Å². The van der Waals surface area contributed by atoms with Gasteiger partial charge in [0.1, 0.15) is 11.6 Å².